The van der Waals surface area contributed by atoms with E-state index < -0.39 is 5.41 Å². The molecule has 0 N–H and O–H groups in total. The summed E-state index contributed by atoms with van der Waals surface area (Å²) in [7, 11) is 2.26. The molecule has 3 unspecified atom stereocenters. The largest absolute Gasteiger partial charge is 0.461 e. The van der Waals surface area contributed by atoms with Crippen LogP contribution in [0.15, 0.2) is 0 Å². The van der Waals surface area contributed by atoms with Crippen LogP contribution in [0.5, 0.6) is 0 Å². The van der Waals surface area contributed by atoms with Crippen molar-refractivity contribution in [3.8, 4) is 0 Å². The summed E-state index contributed by atoms with van der Waals surface area (Å²) in [5.41, 5.74) is 1.21. The molecule has 0 saturated heterocycles. The van der Waals surface area contributed by atoms with Crippen molar-refractivity contribution < 1.29 is 18.7 Å². The first-order valence-corrected chi connectivity index (χ1v) is 9.02. The fourth-order valence-corrected chi connectivity index (χ4v) is 3.26. The quantitative estimate of drug-likeness (QED) is 0.597. The van der Waals surface area contributed by atoms with Crippen molar-refractivity contribution in [3.05, 3.63) is 11.4 Å². The third kappa shape index (κ3) is 4.73. The summed E-state index contributed by atoms with van der Waals surface area (Å²) in [5.74, 6) is -0.390. The first-order valence-electron chi connectivity index (χ1n) is 8.44. The molecule has 0 radical (unpaired) electrons. The zero-order valence-corrected chi connectivity index (χ0v) is 15.9. The Morgan fingerprint density at radius 1 is 1.42 bits per heavy atom. The van der Waals surface area contributed by atoms with E-state index in [1.807, 2.05) is 13.8 Å². The van der Waals surface area contributed by atoms with Crippen LogP contribution in [0, 0.1) is 0 Å². The molecular formula is C16H27FN3O3P. The minimum absolute atomic E-state index is 0.104. The lowest BCUT2D eigenvalue weighted by atomic mass is 9.96. The van der Waals surface area contributed by atoms with Crippen LogP contribution < -0.4 is 0 Å². The highest BCUT2D eigenvalue weighted by Gasteiger charge is 2.36. The van der Waals surface area contributed by atoms with E-state index in [0.717, 1.165) is 5.69 Å². The lowest BCUT2D eigenvalue weighted by molar-refractivity contribution is -0.155. The van der Waals surface area contributed by atoms with Crippen LogP contribution >= 0.6 is 9.24 Å². The SMILES string of the molecule is CC(C)OC(=O)COC1CCc2c(nnn2C(C)C)C(F)(P)CC1. The van der Waals surface area contributed by atoms with E-state index >= 15 is 4.39 Å². The van der Waals surface area contributed by atoms with Gasteiger partial charge >= 0.3 is 5.97 Å². The Labute approximate surface area is 144 Å². The Kier molecular flexibility index (Phi) is 6.32. The number of halogens is 1. The number of aromatic nitrogens is 3. The second-order valence-electron chi connectivity index (χ2n) is 6.83. The Balaban J connectivity index is 2.06. The van der Waals surface area contributed by atoms with E-state index in [4.69, 9.17) is 9.47 Å². The Morgan fingerprint density at radius 2 is 2.12 bits per heavy atom. The number of ether oxygens (including phenoxy) is 2. The molecule has 0 spiro atoms. The number of hydrogen-bond acceptors (Lipinski definition) is 5. The zero-order valence-electron chi connectivity index (χ0n) is 14.8. The van der Waals surface area contributed by atoms with Crippen LogP contribution in [0.1, 0.15) is 64.4 Å². The number of rotatable bonds is 5. The van der Waals surface area contributed by atoms with Crippen LogP contribution in [0.3, 0.4) is 0 Å². The number of alkyl halides is 1. The lowest BCUT2D eigenvalue weighted by Crippen LogP contribution is -2.27. The molecule has 6 nitrogen and oxygen atoms in total. The van der Waals surface area contributed by atoms with E-state index in [0.29, 0.717) is 25.0 Å². The number of esters is 1. The normalized spacial score (nSPS) is 24.6. The van der Waals surface area contributed by atoms with Crippen LogP contribution in [0.2, 0.25) is 0 Å². The fourth-order valence-electron chi connectivity index (χ4n) is 2.86. The van der Waals surface area contributed by atoms with Gasteiger partial charge in [-0.3, -0.25) is 0 Å². The maximum atomic E-state index is 15.0. The van der Waals surface area contributed by atoms with Crippen LogP contribution in [-0.2, 0) is 26.1 Å². The molecule has 0 amide bonds. The minimum Gasteiger partial charge on any atom is -0.461 e. The van der Waals surface area contributed by atoms with Gasteiger partial charge < -0.3 is 9.47 Å². The molecule has 0 bridgehead atoms. The maximum absolute atomic E-state index is 15.0. The van der Waals surface area contributed by atoms with Crippen molar-refractivity contribution in [2.24, 2.45) is 0 Å². The van der Waals surface area contributed by atoms with E-state index in [-0.39, 0.29) is 37.2 Å². The molecule has 0 fully saturated rings. The van der Waals surface area contributed by atoms with Gasteiger partial charge in [-0.1, -0.05) is 14.5 Å². The van der Waals surface area contributed by atoms with Crippen molar-refractivity contribution in [3.63, 3.8) is 0 Å². The first kappa shape index (κ1) is 19.3. The van der Waals surface area contributed by atoms with E-state index in [9.17, 15) is 4.79 Å². The van der Waals surface area contributed by atoms with Gasteiger partial charge in [-0.2, -0.15) is 0 Å². The third-order valence-corrected chi connectivity index (χ3v) is 4.57. The Morgan fingerprint density at radius 3 is 2.75 bits per heavy atom. The monoisotopic (exact) mass is 359 g/mol. The van der Waals surface area contributed by atoms with Gasteiger partial charge in [0.05, 0.1) is 17.9 Å². The summed E-state index contributed by atoms with van der Waals surface area (Å²) >= 11 is 0. The van der Waals surface area contributed by atoms with Crippen LogP contribution in [0.4, 0.5) is 4.39 Å². The molecule has 2 rings (SSSR count). The Hall–Kier alpha value is -1.07. The second kappa shape index (κ2) is 7.87. The molecule has 1 aliphatic carbocycles. The number of hydrogen-bond donors (Lipinski definition) is 0. The smallest absolute Gasteiger partial charge is 0.332 e. The summed E-state index contributed by atoms with van der Waals surface area (Å²) in [6.45, 7) is 7.47. The van der Waals surface area contributed by atoms with Crippen molar-refractivity contribution in [1.29, 1.82) is 0 Å². The van der Waals surface area contributed by atoms with Gasteiger partial charge in [0.1, 0.15) is 12.3 Å². The highest BCUT2D eigenvalue weighted by atomic mass is 31.0. The first-order chi connectivity index (χ1) is 11.2. The number of carbonyl (C=O) groups excluding carboxylic acids is 1. The van der Waals surface area contributed by atoms with Crippen molar-refractivity contribution in [2.75, 3.05) is 6.61 Å². The molecule has 1 aliphatic rings. The number of nitrogens with zero attached hydrogens (tertiary/aromatic N) is 3. The van der Waals surface area contributed by atoms with Gasteiger partial charge in [-0.05, 0) is 53.4 Å². The van der Waals surface area contributed by atoms with Gasteiger partial charge in [-0.25, -0.2) is 13.9 Å². The van der Waals surface area contributed by atoms with Crippen molar-refractivity contribution in [1.82, 2.24) is 15.0 Å². The summed E-state index contributed by atoms with van der Waals surface area (Å²) < 4.78 is 27.5. The Bertz CT molecular complexity index is 575. The summed E-state index contributed by atoms with van der Waals surface area (Å²) in [5, 5.41) is 6.55. The highest BCUT2D eigenvalue weighted by molar-refractivity contribution is 7.18. The third-order valence-electron chi connectivity index (χ3n) is 4.01. The molecule has 1 aromatic heterocycles. The summed E-state index contributed by atoms with van der Waals surface area (Å²) in [6, 6.07) is 0.113. The topological polar surface area (TPSA) is 66.2 Å². The van der Waals surface area contributed by atoms with Gasteiger partial charge in [0.2, 0.25) is 0 Å². The molecule has 0 saturated carbocycles. The molecule has 24 heavy (non-hydrogen) atoms. The second-order valence-corrected chi connectivity index (χ2v) is 7.75. The molecule has 136 valence electrons. The molecule has 0 aromatic carbocycles. The maximum Gasteiger partial charge on any atom is 0.332 e. The predicted octanol–water partition coefficient (Wildman–Crippen LogP) is 2.92. The fraction of sp³-hybridized carbons (Fsp3) is 0.812. The predicted molar refractivity (Wildman–Crippen MR) is 91.4 cm³/mol. The number of carbonyl (C=O) groups is 1. The van der Waals surface area contributed by atoms with Crippen LogP contribution in [0.25, 0.3) is 0 Å². The minimum atomic E-state index is -1.62. The molecule has 0 aliphatic heterocycles. The highest BCUT2D eigenvalue weighted by Crippen LogP contribution is 2.41. The molecule has 1 aromatic rings. The molecular weight excluding hydrogens is 332 g/mol. The van der Waals surface area contributed by atoms with Crippen molar-refractivity contribution >= 4 is 15.2 Å². The zero-order chi connectivity index (χ0) is 17.9. The van der Waals surface area contributed by atoms with E-state index in [1.54, 1.807) is 18.5 Å². The van der Waals surface area contributed by atoms with Gasteiger partial charge in [0.25, 0.3) is 0 Å². The number of fused-ring (bicyclic) bond motifs is 1. The molecule has 8 heteroatoms. The summed E-state index contributed by atoms with van der Waals surface area (Å²) in [6.07, 6.45) is 1.73. The van der Waals surface area contributed by atoms with Gasteiger partial charge in [0.15, 0.2) is 5.41 Å². The van der Waals surface area contributed by atoms with Gasteiger partial charge in [-0.15, -0.1) is 5.10 Å². The standard InChI is InChI=1S/C16H27FN3O3P/c1-10(2)20-13-6-5-12(22-9-14(21)23-11(3)4)7-8-16(17,24)15(13)18-19-20/h10-12H,5-9,24H2,1-4H3. The van der Waals surface area contributed by atoms with Crippen LogP contribution in [-0.4, -0.2) is 39.8 Å². The van der Waals surface area contributed by atoms with E-state index in [1.165, 1.54) is 0 Å². The molecule has 3 atom stereocenters. The van der Waals surface area contributed by atoms with E-state index in [2.05, 4.69) is 19.6 Å². The average Bonchev–Trinajstić information content (AvgIpc) is 2.88. The average molecular weight is 359 g/mol. The molecule has 1 heterocycles. The van der Waals surface area contributed by atoms with Crippen molar-refractivity contribution in [2.45, 2.75) is 77.0 Å². The summed E-state index contributed by atoms with van der Waals surface area (Å²) in [4.78, 5) is 11.6. The van der Waals surface area contributed by atoms with Gasteiger partial charge in [0, 0.05) is 6.04 Å². The lowest BCUT2D eigenvalue weighted by Gasteiger charge is -2.27.